The number of carbonyl (C=O) groups excluding carboxylic acids is 1. The van der Waals surface area contributed by atoms with E-state index in [1.807, 2.05) is 18.2 Å². The summed E-state index contributed by atoms with van der Waals surface area (Å²) in [6.45, 7) is 0. The summed E-state index contributed by atoms with van der Waals surface area (Å²) in [5.74, 6) is 0.849. The molecule has 0 radical (unpaired) electrons. The fraction of sp³-hybridized carbons (Fsp3) is 0.364. The molecule has 1 amide bonds. The summed E-state index contributed by atoms with van der Waals surface area (Å²) in [5, 5.41) is 2.69. The molecule has 1 fully saturated rings. The van der Waals surface area contributed by atoms with E-state index in [1.165, 1.54) is 5.56 Å². The fourth-order valence-electron chi connectivity index (χ4n) is 1.74. The Hall–Kier alpha value is -1.31. The van der Waals surface area contributed by atoms with E-state index in [-0.39, 0.29) is 11.8 Å². The quantitative estimate of drug-likeness (QED) is 0.725. The van der Waals surface area contributed by atoms with Crippen molar-refractivity contribution >= 4 is 5.91 Å². The first kappa shape index (κ1) is 8.30. The summed E-state index contributed by atoms with van der Waals surface area (Å²) in [6.07, 6.45) is 1.00. The lowest BCUT2D eigenvalue weighted by Gasteiger charge is -1.98. The predicted molar refractivity (Wildman–Crippen MR) is 51.4 cm³/mol. The second-order valence-electron chi connectivity index (χ2n) is 3.47. The average Bonchev–Trinajstić information content (AvgIpc) is 2.98. The van der Waals surface area contributed by atoms with Crippen LogP contribution >= 0.6 is 0 Å². The van der Waals surface area contributed by atoms with Crippen molar-refractivity contribution in [3.05, 3.63) is 35.9 Å². The maximum absolute atomic E-state index is 11.2. The minimum Gasteiger partial charge on any atom is -0.359 e. The molecule has 1 aliphatic rings. The normalized spacial score (nSPS) is 25.3. The summed E-state index contributed by atoms with van der Waals surface area (Å²) < 4.78 is 0. The number of hydrogen-bond donors (Lipinski definition) is 1. The van der Waals surface area contributed by atoms with Gasteiger partial charge < -0.3 is 5.32 Å². The third kappa shape index (κ3) is 1.57. The number of nitrogens with one attached hydrogen (secondary N) is 1. The molecular weight excluding hydrogens is 162 g/mol. The molecule has 1 saturated carbocycles. The van der Waals surface area contributed by atoms with Crippen LogP contribution in [0.15, 0.2) is 30.3 Å². The van der Waals surface area contributed by atoms with E-state index in [2.05, 4.69) is 17.4 Å². The first-order chi connectivity index (χ1) is 6.33. The van der Waals surface area contributed by atoms with Gasteiger partial charge in [0.25, 0.3) is 0 Å². The van der Waals surface area contributed by atoms with Crippen molar-refractivity contribution in [2.45, 2.75) is 12.3 Å². The molecule has 0 aliphatic heterocycles. The van der Waals surface area contributed by atoms with Crippen LogP contribution in [0.3, 0.4) is 0 Å². The molecule has 0 bridgehead atoms. The van der Waals surface area contributed by atoms with Crippen LogP contribution in [0.25, 0.3) is 0 Å². The molecule has 1 aliphatic carbocycles. The zero-order valence-corrected chi connectivity index (χ0v) is 7.66. The lowest BCUT2D eigenvalue weighted by Crippen LogP contribution is -2.20. The van der Waals surface area contributed by atoms with Crippen LogP contribution in [-0.4, -0.2) is 13.0 Å². The van der Waals surface area contributed by atoms with Gasteiger partial charge in [-0.25, -0.2) is 0 Å². The van der Waals surface area contributed by atoms with E-state index in [1.54, 1.807) is 7.05 Å². The minimum atomic E-state index is 0.175. The Morgan fingerprint density at radius 1 is 1.38 bits per heavy atom. The summed E-state index contributed by atoms with van der Waals surface area (Å²) >= 11 is 0. The lowest BCUT2D eigenvalue weighted by atomic mass is 10.1. The van der Waals surface area contributed by atoms with Crippen LogP contribution in [0.2, 0.25) is 0 Å². The Morgan fingerprint density at radius 2 is 2.08 bits per heavy atom. The van der Waals surface area contributed by atoms with Crippen LogP contribution in [0.4, 0.5) is 0 Å². The SMILES string of the molecule is CNC(=O)[C@@H]1C[C@@H]1c1ccccc1. The highest BCUT2D eigenvalue weighted by atomic mass is 16.1. The molecule has 2 atom stereocenters. The Bertz CT molecular complexity index is 307. The van der Waals surface area contributed by atoms with Gasteiger partial charge in [0.05, 0.1) is 0 Å². The maximum Gasteiger partial charge on any atom is 0.223 e. The molecule has 13 heavy (non-hydrogen) atoms. The van der Waals surface area contributed by atoms with Crippen LogP contribution < -0.4 is 5.32 Å². The Kier molecular flexibility index (Phi) is 2.05. The number of amides is 1. The van der Waals surface area contributed by atoms with E-state index >= 15 is 0 Å². The van der Waals surface area contributed by atoms with Crippen molar-refractivity contribution in [3.8, 4) is 0 Å². The first-order valence-corrected chi connectivity index (χ1v) is 4.59. The highest BCUT2D eigenvalue weighted by Crippen LogP contribution is 2.47. The van der Waals surface area contributed by atoms with Crippen LogP contribution in [0.1, 0.15) is 17.9 Å². The summed E-state index contributed by atoms with van der Waals surface area (Å²) in [6, 6.07) is 10.2. The highest BCUT2D eigenvalue weighted by molar-refractivity contribution is 5.82. The molecule has 2 heteroatoms. The van der Waals surface area contributed by atoms with E-state index in [0.717, 1.165) is 6.42 Å². The van der Waals surface area contributed by atoms with Gasteiger partial charge >= 0.3 is 0 Å². The zero-order chi connectivity index (χ0) is 9.26. The van der Waals surface area contributed by atoms with Crippen LogP contribution in [-0.2, 0) is 4.79 Å². The van der Waals surface area contributed by atoms with E-state index in [0.29, 0.717) is 5.92 Å². The average molecular weight is 175 g/mol. The van der Waals surface area contributed by atoms with Crippen molar-refractivity contribution in [1.29, 1.82) is 0 Å². The van der Waals surface area contributed by atoms with Gasteiger partial charge in [-0.1, -0.05) is 30.3 Å². The topological polar surface area (TPSA) is 29.1 Å². The largest absolute Gasteiger partial charge is 0.359 e. The molecular formula is C11H13NO. The molecule has 0 heterocycles. The van der Waals surface area contributed by atoms with Crippen molar-refractivity contribution in [3.63, 3.8) is 0 Å². The van der Waals surface area contributed by atoms with Gasteiger partial charge in [0.15, 0.2) is 0 Å². The van der Waals surface area contributed by atoms with Gasteiger partial charge in [-0.2, -0.15) is 0 Å². The molecule has 0 saturated heterocycles. The Balaban J connectivity index is 2.04. The van der Waals surface area contributed by atoms with Gasteiger partial charge in [-0.05, 0) is 17.9 Å². The monoisotopic (exact) mass is 175 g/mol. The molecule has 1 aromatic carbocycles. The molecule has 0 spiro atoms. The molecule has 2 nitrogen and oxygen atoms in total. The molecule has 1 aromatic rings. The van der Waals surface area contributed by atoms with Crippen molar-refractivity contribution in [1.82, 2.24) is 5.32 Å². The third-order valence-electron chi connectivity index (χ3n) is 2.60. The Labute approximate surface area is 78.0 Å². The smallest absolute Gasteiger partial charge is 0.223 e. The van der Waals surface area contributed by atoms with E-state index in [9.17, 15) is 4.79 Å². The molecule has 0 aromatic heterocycles. The van der Waals surface area contributed by atoms with E-state index < -0.39 is 0 Å². The highest BCUT2D eigenvalue weighted by Gasteiger charge is 2.43. The fourth-order valence-corrected chi connectivity index (χ4v) is 1.74. The van der Waals surface area contributed by atoms with Crippen LogP contribution in [0, 0.1) is 5.92 Å². The van der Waals surface area contributed by atoms with Crippen molar-refractivity contribution < 1.29 is 4.79 Å². The van der Waals surface area contributed by atoms with Gasteiger partial charge in [0.1, 0.15) is 0 Å². The molecule has 0 unspecified atom stereocenters. The third-order valence-corrected chi connectivity index (χ3v) is 2.60. The standard InChI is InChI=1S/C11H13NO/c1-12-11(13)10-7-9(10)8-5-3-2-4-6-8/h2-6,9-10H,7H2,1H3,(H,12,13)/t9-,10-/m1/s1. The second kappa shape index (κ2) is 3.21. The van der Waals surface area contributed by atoms with Gasteiger partial charge in [0.2, 0.25) is 5.91 Å². The predicted octanol–water partition coefficient (Wildman–Crippen LogP) is 1.54. The molecule has 2 rings (SSSR count). The molecule has 68 valence electrons. The van der Waals surface area contributed by atoms with Crippen molar-refractivity contribution in [2.24, 2.45) is 5.92 Å². The maximum atomic E-state index is 11.2. The van der Waals surface area contributed by atoms with E-state index in [4.69, 9.17) is 0 Å². The van der Waals surface area contributed by atoms with Crippen molar-refractivity contribution in [2.75, 3.05) is 7.05 Å². The number of hydrogen-bond acceptors (Lipinski definition) is 1. The van der Waals surface area contributed by atoms with Gasteiger partial charge in [-0.3, -0.25) is 4.79 Å². The number of rotatable bonds is 2. The van der Waals surface area contributed by atoms with Gasteiger partial charge in [0, 0.05) is 13.0 Å². The first-order valence-electron chi connectivity index (χ1n) is 4.59. The number of carbonyl (C=O) groups is 1. The van der Waals surface area contributed by atoms with Gasteiger partial charge in [-0.15, -0.1) is 0 Å². The summed E-state index contributed by atoms with van der Waals surface area (Å²) in [4.78, 5) is 11.2. The Morgan fingerprint density at radius 3 is 2.69 bits per heavy atom. The van der Waals surface area contributed by atoms with Crippen LogP contribution in [0.5, 0.6) is 0 Å². The molecule has 1 N–H and O–H groups in total. The lowest BCUT2D eigenvalue weighted by molar-refractivity contribution is -0.121. The number of benzene rings is 1. The summed E-state index contributed by atoms with van der Waals surface area (Å²) in [5.41, 5.74) is 1.29. The second-order valence-corrected chi connectivity index (χ2v) is 3.47. The zero-order valence-electron chi connectivity index (χ0n) is 7.66. The minimum absolute atomic E-state index is 0.175. The summed E-state index contributed by atoms with van der Waals surface area (Å²) in [7, 11) is 1.70.